The van der Waals surface area contributed by atoms with Crippen molar-refractivity contribution >= 4 is 0 Å². The Kier molecular flexibility index (Phi) is 3.55. The summed E-state index contributed by atoms with van der Waals surface area (Å²) in [6.07, 6.45) is 2.75. The van der Waals surface area contributed by atoms with Gasteiger partial charge in [-0.05, 0) is 51.2 Å². The van der Waals surface area contributed by atoms with Gasteiger partial charge in [0, 0.05) is 5.54 Å². The Morgan fingerprint density at radius 3 is 2.65 bits per heavy atom. The number of aliphatic hydroxyl groups excluding tert-OH is 1. The molecule has 2 N–H and O–H groups in total. The Hall–Kier alpha value is -0.860. The number of rotatable bonds is 1. The van der Waals surface area contributed by atoms with Crippen molar-refractivity contribution in [3.63, 3.8) is 0 Å². The van der Waals surface area contributed by atoms with Crippen LogP contribution in [0.15, 0.2) is 24.3 Å². The van der Waals surface area contributed by atoms with Crippen LogP contribution in [0.5, 0.6) is 0 Å². The highest BCUT2D eigenvalue weighted by Gasteiger charge is 2.28. The zero-order chi connectivity index (χ0) is 12.5. The average molecular weight is 233 g/mol. The molecule has 94 valence electrons. The Balaban J connectivity index is 2.33. The summed E-state index contributed by atoms with van der Waals surface area (Å²) < 4.78 is 0. The van der Waals surface area contributed by atoms with Gasteiger partial charge in [-0.25, -0.2) is 0 Å². The van der Waals surface area contributed by atoms with Gasteiger partial charge in [0.1, 0.15) is 0 Å². The maximum absolute atomic E-state index is 10.3. The quantitative estimate of drug-likeness (QED) is 0.731. The van der Waals surface area contributed by atoms with Crippen LogP contribution in [0.2, 0.25) is 0 Å². The molecule has 0 bridgehead atoms. The van der Waals surface area contributed by atoms with Crippen molar-refractivity contribution in [1.82, 2.24) is 5.32 Å². The lowest BCUT2D eigenvalue weighted by Crippen LogP contribution is -2.43. The molecule has 1 aliphatic carbocycles. The van der Waals surface area contributed by atoms with E-state index in [4.69, 9.17) is 0 Å². The molecular weight excluding hydrogens is 210 g/mol. The fourth-order valence-corrected chi connectivity index (χ4v) is 2.58. The molecule has 2 unspecified atom stereocenters. The van der Waals surface area contributed by atoms with Crippen LogP contribution < -0.4 is 5.32 Å². The third kappa shape index (κ3) is 3.08. The van der Waals surface area contributed by atoms with E-state index in [0.29, 0.717) is 0 Å². The smallest absolute Gasteiger partial charge is 0.0735 e. The third-order valence-electron chi connectivity index (χ3n) is 3.31. The molecule has 0 saturated carbocycles. The summed E-state index contributed by atoms with van der Waals surface area (Å²) in [5, 5.41) is 13.9. The van der Waals surface area contributed by atoms with E-state index >= 15 is 0 Å². The molecule has 2 atom stereocenters. The SMILES string of the molecule is CC(C)(C)NC1c2ccccc2CCCC1O. The summed E-state index contributed by atoms with van der Waals surface area (Å²) in [7, 11) is 0. The molecule has 0 saturated heterocycles. The summed E-state index contributed by atoms with van der Waals surface area (Å²) >= 11 is 0. The van der Waals surface area contributed by atoms with Crippen LogP contribution in [-0.4, -0.2) is 16.7 Å². The number of aryl methyl sites for hydroxylation is 1. The molecule has 2 rings (SSSR count). The van der Waals surface area contributed by atoms with Crippen molar-refractivity contribution in [2.75, 3.05) is 0 Å². The molecular formula is C15H23NO. The number of hydrogen-bond acceptors (Lipinski definition) is 2. The number of aliphatic hydroxyl groups is 1. The molecule has 17 heavy (non-hydrogen) atoms. The van der Waals surface area contributed by atoms with E-state index in [9.17, 15) is 5.11 Å². The van der Waals surface area contributed by atoms with Crippen molar-refractivity contribution in [2.45, 2.75) is 57.7 Å². The Labute approximate surface area is 104 Å². The zero-order valence-electron chi connectivity index (χ0n) is 11.0. The molecule has 1 aromatic carbocycles. The van der Waals surface area contributed by atoms with E-state index in [2.05, 4.69) is 50.4 Å². The van der Waals surface area contributed by atoms with Crippen molar-refractivity contribution in [2.24, 2.45) is 0 Å². The lowest BCUT2D eigenvalue weighted by Gasteiger charge is -2.32. The monoisotopic (exact) mass is 233 g/mol. The van der Waals surface area contributed by atoms with E-state index in [-0.39, 0.29) is 17.7 Å². The summed E-state index contributed by atoms with van der Waals surface area (Å²) in [5.74, 6) is 0. The van der Waals surface area contributed by atoms with E-state index in [1.54, 1.807) is 0 Å². The molecule has 0 aliphatic heterocycles. The van der Waals surface area contributed by atoms with Crippen molar-refractivity contribution < 1.29 is 5.11 Å². The van der Waals surface area contributed by atoms with E-state index in [1.165, 1.54) is 11.1 Å². The van der Waals surface area contributed by atoms with Gasteiger partial charge in [-0.3, -0.25) is 0 Å². The topological polar surface area (TPSA) is 32.3 Å². The maximum atomic E-state index is 10.3. The van der Waals surface area contributed by atoms with Crippen LogP contribution >= 0.6 is 0 Å². The van der Waals surface area contributed by atoms with Crippen LogP contribution in [0.1, 0.15) is 50.8 Å². The standard InChI is InChI=1S/C15H23NO/c1-15(2,3)16-14-12-9-5-4-7-11(12)8-6-10-13(14)17/h4-5,7,9,13-14,16-17H,6,8,10H2,1-3H3. The predicted octanol–water partition coefficient (Wildman–Crippen LogP) is 2.81. The van der Waals surface area contributed by atoms with Crippen molar-refractivity contribution in [3.8, 4) is 0 Å². The van der Waals surface area contributed by atoms with Crippen LogP contribution in [0.25, 0.3) is 0 Å². The largest absolute Gasteiger partial charge is 0.391 e. The van der Waals surface area contributed by atoms with Gasteiger partial charge in [-0.1, -0.05) is 24.3 Å². The molecule has 0 spiro atoms. The molecule has 1 aromatic rings. The molecule has 0 amide bonds. The van der Waals surface area contributed by atoms with E-state index in [1.807, 2.05) is 0 Å². The first-order chi connectivity index (χ1) is 7.97. The van der Waals surface area contributed by atoms with E-state index in [0.717, 1.165) is 19.3 Å². The van der Waals surface area contributed by atoms with Gasteiger partial charge in [0.2, 0.25) is 0 Å². The first-order valence-electron chi connectivity index (χ1n) is 6.51. The Bertz CT molecular complexity index is 381. The van der Waals surface area contributed by atoms with Gasteiger partial charge in [0.25, 0.3) is 0 Å². The minimum absolute atomic E-state index is 0.0170. The second kappa shape index (κ2) is 4.79. The summed E-state index contributed by atoms with van der Waals surface area (Å²) in [6, 6.07) is 8.55. The van der Waals surface area contributed by atoms with Gasteiger partial charge in [0.05, 0.1) is 12.1 Å². The number of benzene rings is 1. The minimum atomic E-state index is -0.280. The maximum Gasteiger partial charge on any atom is 0.0735 e. The lowest BCUT2D eigenvalue weighted by atomic mass is 9.95. The van der Waals surface area contributed by atoms with Crippen LogP contribution in [0, 0.1) is 0 Å². The number of nitrogens with one attached hydrogen (secondary N) is 1. The summed E-state index contributed by atoms with van der Waals surface area (Å²) in [4.78, 5) is 0. The van der Waals surface area contributed by atoms with Gasteiger partial charge < -0.3 is 10.4 Å². The Morgan fingerprint density at radius 1 is 1.24 bits per heavy atom. The van der Waals surface area contributed by atoms with Crippen LogP contribution in [0.3, 0.4) is 0 Å². The second-order valence-corrected chi connectivity index (χ2v) is 6.03. The highest BCUT2D eigenvalue weighted by molar-refractivity contribution is 5.32. The lowest BCUT2D eigenvalue weighted by molar-refractivity contribution is 0.106. The zero-order valence-corrected chi connectivity index (χ0v) is 11.0. The van der Waals surface area contributed by atoms with E-state index < -0.39 is 0 Å². The predicted molar refractivity (Wildman–Crippen MR) is 71.0 cm³/mol. The first-order valence-corrected chi connectivity index (χ1v) is 6.51. The van der Waals surface area contributed by atoms with Gasteiger partial charge in [-0.2, -0.15) is 0 Å². The fraction of sp³-hybridized carbons (Fsp3) is 0.600. The molecule has 1 aliphatic rings. The highest BCUT2D eigenvalue weighted by Crippen LogP contribution is 2.30. The van der Waals surface area contributed by atoms with Crippen LogP contribution in [-0.2, 0) is 6.42 Å². The number of fused-ring (bicyclic) bond motifs is 1. The third-order valence-corrected chi connectivity index (χ3v) is 3.31. The minimum Gasteiger partial charge on any atom is -0.391 e. The summed E-state index contributed by atoms with van der Waals surface area (Å²) in [5.41, 5.74) is 2.67. The van der Waals surface area contributed by atoms with Crippen molar-refractivity contribution in [1.29, 1.82) is 0 Å². The molecule has 0 heterocycles. The van der Waals surface area contributed by atoms with Crippen molar-refractivity contribution in [3.05, 3.63) is 35.4 Å². The van der Waals surface area contributed by atoms with Gasteiger partial charge in [0.15, 0.2) is 0 Å². The second-order valence-electron chi connectivity index (χ2n) is 6.03. The van der Waals surface area contributed by atoms with Gasteiger partial charge in [-0.15, -0.1) is 0 Å². The molecule has 2 nitrogen and oxygen atoms in total. The molecule has 0 aromatic heterocycles. The normalized spacial score (nSPS) is 25.2. The molecule has 0 fully saturated rings. The molecule has 2 heteroatoms. The Morgan fingerprint density at radius 2 is 1.94 bits per heavy atom. The molecule has 0 radical (unpaired) electrons. The fourth-order valence-electron chi connectivity index (χ4n) is 2.58. The summed E-state index contributed by atoms with van der Waals surface area (Å²) in [6.45, 7) is 6.44. The highest BCUT2D eigenvalue weighted by atomic mass is 16.3. The van der Waals surface area contributed by atoms with Gasteiger partial charge >= 0.3 is 0 Å². The first kappa shape index (κ1) is 12.6. The van der Waals surface area contributed by atoms with Crippen LogP contribution in [0.4, 0.5) is 0 Å². The average Bonchev–Trinajstić information content (AvgIpc) is 2.38. The number of hydrogen-bond donors (Lipinski definition) is 2.